The molecule has 0 spiro atoms. The summed E-state index contributed by atoms with van der Waals surface area (Å²) in [6.45, 7) is 3.80. The molecule has 0 aromatic heterocycles. The molecule has 0 fully saturated rings. The minimum atomic E-state index is -0.411. The zero-order chi connectivity index (χ0) is 22.1. The maximum Gasteiger partial charge on any atom is 0.193 e. The number of benzene rings is 4. The van der Waals surface area contributed by atoms with Gasteiger partial charge in [-0.05, 0) is 83.8 Å². The zero-order valence-electron chi connectivity index (χ0n) is 17.2. The van der Waals surface area contributed by atoms with E-state index in [0.29, 0.717) is 39.4 Å². The maximum atomic E-state index is 13.4. The molecular weight excluding hydrogens is 394 g/mol. The second-order valence-electron chi connectivity index (χ2n) is 7.48. The van der Waals surface area contributed by atoms with Gasteiger partial charge in [0.15, 0.2) is 11.6 Å². The summed E-state index contributed by atoms with van der Waals surface area (Å²) >= 11 is 0. The molecule has 31 heavy (non-hydrogen) atoms. The summed E-state index contributed by atoms with van der Waals surface area (Å²) in [6, 6.07) is 18.3. The number of carbonyl (C=O) groups excluding carboxylic acids is 2. The number of halogens is 2. The van der Waals surface area contributed by atoms with Crippen LogP contribution in [-0.4, -0.2) is 11.6 Å². The summed E-state index contributed by atoms with van der Waals surface area (Å²) < 4.78 is 26.7. The molecule has 0 radical (unpaired) electrons. The summed E-state index contributed by atoms with van der Waals surface area (Å²) in [5, 5.41) is 1.33. The molecule has 0 N–H and O–H groups in total. The van der Waals surface area contributed by atoms with Gasteiger partial charge in [-0.3, -0.25) is 9.59 Å². The van der Waals surface area contributed by atoms with E-state index in [9.17, 15) is 18.4 Å². The first-order valence-corrected chi connectivity index (χ1v) is 10.1. The number of aryl methyl sites for hydroxylation is 2. The van der Waals surface area contributed by atoms with E-state index in [1.54, 1.807) is 0 Å². The van der Waals surface area contributed by atoms with E-state index >= 15 is 0 Å². The minimum absolute atomic E-state index is 0.216. The van der Waals surface area contributed by atoms with Crippen LogP contribution >= 0.6 is 0 Å². The van der Waals surface area contributed by atoms with Crippen LogP contribution in [0.25, 0.3) is 10.8 Å². The third kappa shape index (κ3) is 3.77. The van der Waals surface area contributed by atoms with Crippen molar-refractivity contribution in [1.82, 2.24) is 0 Å². The van der Waals surface area contributed by atoms with E-state index in [0.717, 1.165) is 11.1 Å². The highest BCUT2D eigenvalue weighted by Crippen LogP contribution is 2.31. The molecule has 0 bridgehead atoms. The lowest BCUT2D eigenvalue weighted by Crippen LogP contribution is -2.09. The highest BCUT2D eigenvalue weighted by atomic mass is 19.1. The van der Waals surface area contributed by atoms with Crippen molar-refractivity contribution in [2.24, 2.45) is 0 Å². The molecule has 0 aliphatic carbocycles. The van der Waals surface area contributed by atoms with E-state index in [1.807, 2.05) is 38.1 Å². The van der Waals surface area contributed by atoms with Gasteiger partial charge in [-0.1, -0.05) is 31.2 Å². The van der Waals surface area contributed by atoms with Crippen LogP contribution in [0.5, 0.6) is 0 Å². The summed E-state index contributed by atoms with van der Waals surface area (Å²) in [7, 11) is 0. The number of hydrogen-bond donors (Lipinski definition) is 0. The lowest BCUT2D eigenvalue weighted by atomic mass is 9.87. The number of fused-ring (bicyclic) bond motifs is 1. The first kappa shape index (κ1) is 20.6. The van der Waals surface area contributed by atoms with Crippen LogP contribution < -0.4 is 0 Å². The molecule has 0 heterocycles. The van der Waals surface area contributed by atoms with Gasteiger partial charge >= 0.3 is 0 Å². The summed E-state index contributed by atoms with van der Waals surface area (Å²) in [6.07, 6.45) is 0.632. The highest BCUT2D eigenvalue weighted by Gasteiger charge is 2.21. The van der Waals surface area contributed by atoms with Gasteiger partial charge in [0.05, 0.1) is 0 Å². The third-order valence-electron chi connectivity index (χ3n) is 5.54. The molecule has 154 valence electrons. The smallest absolute Gasteiger partial charge is 0.193 e. The minimum Gasteiger partial charge on any atom is -0.289 e. The van der Waals surface area contributed by atoms with E-state index in [4.69, 9.17) is 0 Å². The first-order valence-electron chi connectivity index (χ1n) is 10.1. The number of rotatable bonds is 5. The van der Waals surface area contributed by atoms with Gasteiger partial charge in [-0.2, -0.15) is 0 Å². The van der Waals surface area contributed by atoms with Crippen LogP contribution in [-0.2, 0) is 6.42 Å². The van der Waals surface area contributed by atoms with Gasteiger partial charge in [0.2, 0.25) is 0 Å². The van der Waals surface area contributed by atoms with E-state index in [2.05, 4.69) is 0 Å². The fourth-order valence-corrected chi connectivity index (χ4v) is 3.92. The Morgan fingerprint density at radius 2 is 1.10 bits per heavy atom. The fourth-order valence-electron chi connectivity index (χ4n) is 3.92. The molecule has 0 amide bonds. The number of hydrogen-bond acceptors (Lipinski definition) is 2. The Bertz CT molecular complexity index is 1300. The molecule has 0 aliphatic heterocycles. The van der Waals surface area contributed by atoms with Crippen LogP contribution in [0.4, 0.5) is 8.78 Å². The van der Waals surface area contributed by atoms with Crippen molar-refractivity contribution in [2.45, 2.75) is 20.3 Å². The van der Waals surface area contributed by atoms with Gasteiger partial charge in [0, 0.05) is 22.3 Å². The Morgan fingerprint density at radius 3 is 1.61 bits per heavy atom. The molecule has 4 aromatic rings. The molecule has 4 aromatic carbocycles. The first-order chi connectivity index (χ1) is 14.9. The van der Waals surface area contributed by atoms with Crippen molar-refractivity contribution in [3.63, 3.8) is 0 Å². The zero-order valence-corrected chi connectivity index (χ0v) is 17.2. The second-order valence-corrected chi connectivity index (χ2v) is 7.48. The molecule has 0 saturated carbocycles. The Hall–Kier alpha value is -3.66. The Balaban J connectivity index is 1.94. The van der Waals surface area contributed by atoms with Gasteiger partial charge in [-0.25, -0.2) is 8.78 Å². The Kier molecular flexibility index (Phi) is 5.47. The normalized spacial score (nSPS) is 11.0. The third-order valence-corrected chi connectivity index (χ3v) is 5.54. The highest BCUT2D eigenvalue weighted by molar-refractivity contribution is 6.22. The van der Waals surface area contributed by atoms with Crippen molar-refractivity contribution in [1.29, 1.82) is 0 Å². The van der Waals surface area contributed by atoms with Crippen LogP contribution in [0, 0.1) is 18.6 Å². The monoisotopic (exact) mass is 414 g/mol. The molecule has 0 atom stereocenters. The molecule has 0 aliphatic rings. The van der Waals surface area contributed by atoms with Gasteiger partial charge in [0.1, 0.15) is 11.6 Å². The van der Waals surface area contributed by atoms with Crippen molar-refractivity contribution in [2.75, 3.05) is 0 Å². The largest absolute Gasteiger partial charge is 0.289 e. The van der Waals surface area contributed by atoms with Crippen LogP contribution in [0.1, 0.15) is 49.9 Å². The second kappa shape index (κ2) is 8.23. The van der Waals surface area contributed by atoms with E-state index in [1.165, 1.54) is 48.5 Å². The molecule has 2 nitrogen and oxygen atoms in total. The van der Waals surface area contributed by atoms with Gasteiger partial charge in [0.25, 0.3) is 0 Å². The van der Waals surface area contributed by atoms with Crippen LogP contribution in [0.2, 0.25) is 0 Å². The van der Waals surface area contributed by atoms with Crippen LogP contribution in [0.3, 0.4) is 0 Å². The standard InChI is InChI=1S/C27H20F2O2/c1-3-17-9-15-22-23(25(17)27(31)19-7-12-21(29)13-8-19)14-4-16(2)24(22)26(30)18-5-10-20(28)11-6-18/h4-15H,3H2,1-2H3. The molecule has 4 rings (SSSR count). The van der Waals surface area contributed by atoms with Gasteiger partial charge in [-0.15, -0.1) is 0 Å². The van der Waals surface area contributed by atoms with Crippen molar-refractivity contribution < 1.29 is 18.4 Å². The van der Waals surface area contributed by atoms with Crippen molar-refractivity contribution >= 4 is 22.3 Å². The number of ketones is 2. The fraction of sp³-hybridized carbons (Fsp3) is 0.111. The lowest BCUT2D eigenvalue weighted by Gasteiger charge is -2.15. The number of carbonyl (C=O) groups is 2. The lowest BCUT2D eigenvalue weighted by molar-refractivity contribution is 0.103. The Morgan fingerprint density at radius 1 is 0.645 bits per heavy atom. The Labute approximate surface area is 179 Å². The molecule has 4 heteroatoms. The van der Waals surface area contributed by atoms with Crippen LogP contribution in [0.15, 0.2) is 72.8 Å². The van der Waals surface area contributed by atoms with Gasteiger partial charge < -0.3 is 0 Å². The topological polar surface area (TPSA) is 34.1 Å². The quantitative estimate of drug-likeness (QED) is 0.352. The molecule has 0 unspecified atom stereocenters. The van der Waals surface area contributed by atoms with E-state index in [-0.39, 0.29) is 11.6 Å². The summed E-state index contributed by atoms with van der Waals surface area (Å²) in [4.78, 5) is 26.7. The van der Waals surface area contributed by atoms with Crippen molar-refractivity contribution in [3.05, 3.63) is 118 Å². The predicted molar refractivity (Wildman–Crippen MR) is 118 cm³/mol. The average molecular weight is 414 g/mol. The SMILES string of the molecule is CCc1ccc2c(C(=O)c3ccc(F)cc3)c(C)ccc2c1C(=O)c1ccc(F)cc1. The average Bonchev–Trinajstić information content (AvgIpc) is 2.78. The maximum absolute atomic E-state index is 13.4. The summed E-state index contributed by atoms with van der Waals surface area (Å²) in [5.41, 5.74) is 3.38. The predicted octanol–water partition coefficient (Wildman–Crippen LogP) is 6.45. The molecule has 0 saturated heterocycles. The molecular formula is C27H20F2O2. The van der Waals surface area contributed by atoms with Crippen molar-refractivity contribution in [3.8, 4) is 0 Å². The van der Waals surface area contributed by atoms with E-state index < -0.39 is 11.6 Å². The summed E-state index contributed by atoms with van der Waals surface area (Å²) in [5.74, 6) is -1.27.